The lowest BCUT2D eigenvalue weighted by molar-refractivity contribution is 0.333. The van der Waals surface area contributed by atoms with Gasteiger partial charge >= 0.3 is 0 Å². The zero-order valence-corrected chi connectivity index (χ0v) is 13.1. The lowest BCUT2D eigenvalue weighted by Gasteiger charge is -2.23. The Morgan fingerprint density at radius 1 is 1.22 bits per heavy atom. The van der Waals surface area contributed by atoms with Crippen LogP contribution in [0.25, 0.3) is 0 Å². The molecule has 7 heteroatoms. The van der Waals surface area contributed by atoms with E-state index in [9.17, 15) is 4.39 Å². The number of rotatable bonds is 5. The van der Waals surface area contributed by atoms with Gasteiger partial charge in [-0.2, -0.15) is 4.98 Å². The Morgan fingerprint density at radius 2 is 2.04 bits per heavy atom. The standard InChI is InChI=1S/C16H15FN4OS/c17-11-3-1-10(2-4-11)7-15-19-12(9-23-15)8-14-20-16(21-22-14)13-5-6-18-13/h1-4,9,13,18H,5-8H2. The van der Waals surface area contributed by atoms with Gasteiger partial charge in [0.2, 0.25) is 5.89 Å². The van der Waals surface area contributed by atoms with Crippen LogP contribution in [0, 0.1) is 5.82 Å². The molecule has 1 aliphatic heterocycles. The second-order valence-electron chi connectivity index (χ2n) is 5.55. The Hall–Kier alpha value is -2.12. The first kappa shape index (κ1) is 14.5. The largest absolute Gasteiger partial charge is 0.339 e. The average Bonchev–Trinajstić information content (AvgIpc) is 3.10. The maximum absolute atomic E-state index is 12.9. The first-order valence-corrected chi connectivity index (χ1v) is 8.38. The minimum atomic E-state index is -0.221. The summed E-state index contributed by atoms with van der Waals surface area (Å²) in [7, 11) is 0. The van der Waals surface area contributed by atoms with Gasteiger partial charge in [-0.3, -0.25) is 0 Å². The number of nitrogens with zero attached hydrogens (tertiary/aromatic N) is 3. The van der Waals surface area contributed by atoms with Crippen LogP contribution in [0.5, 0.6) is 0 Å². The predicted molar refractivity (Wildman–Crippen MR) is 83.8 cm³/mol. The Balaban J connectivity index is 1.41. The molecule has 5 nitrogen and oxygen atoms in total. The third kappa shape index (κ3) is 3.30. The van der Waals surface area contributed by atoms with Crippen molar-refractivity contribution in [3.63, 3.8) is 0 Å². The first-order chi connectivity index (χ1) is 11.3. The second kappa shape index (κ2) is 6.17. The number of aromatic nitrogens is 3. The molecule has 4 rings (SSSR count). The topological polar surface area (TPSA) is 63.8 Å². The van der Waals surface area contributed by atoms with Crippen molar-refractivity contribution in [2.24, 2.45) is 0 Å². The van der Waals surface area contributed by atoms with Crippen molar-refractivity contribution in [1.82, 2.24) is 20.4 Å². The van der Waals surface area contributed by atoms with E-state index in [1.165, 1.54) is 12.1 Å². The fourth-order valence-electron chi connectivity index (χ4n) is 2.43. The van der Waals surface area contributed by atoms with Crippen molar-refractivity contribution >= 4 is 11.3 Å². The molecule has 2 aromatic heterocycles. The van der Waals surface area contributed by atoms with Crippen molar-refractivity contribution in [2.45, 2.75) is 25.3 Å². The number of nitrogens with one attached hydrogen (secondary N) is 1. The number of hydrogen-bond donors (Lipinski definition) is 1. The molecule has 1 fully saturated rings. The molecule has 3 heterocycles. The molecular formula is C16H15FN4OS. The molecule has 1 saturated heterocycles. The maximum Gasteiger partial charge on any atom is 0.232 e. The van der Waals surface area contributed by atoms with Gasteiger partial charge in [0.05, 0.1) is 23.2 Å². The van der Waals surface area contributed by atoms with E-state index in [1.807, 2.05) is 5.38 Å². The molecule has 0 amide bonds. The molecule has 1 unspecified atom stereocenters. The SMILES string of the molecule is Fc1ccc(Cc2nc(Cc3nc(C4CCN4)no3)cs2)cc1. The van der Waals surface area contributed by atoms with Crippen molar-refractivity contribution in [1.29, 1.82) is 0 Å². The van der Waals surface area contributed by atoms with Gasteiger partial charge in [0.25, 0.3) is 0 Å². The van der Waals surface area contributed by atoms with Gasteiger partial charge in [-0.25, -0.2) is 9.37 Å². The summed E-state index contributed by atoms with van der Waals surface area (Å²) in [6, 6.07) is 6.74. The van der Waals surface area contributed by atoms with Crippen LogP contribution in [0.15, 0.2) is 34.2 Å². The van der Waals surface area contributed by atoms with Gasteiger partial charge in [-0.1, -0.05) is 17.3 Å². The van der Waals surface area contributed by atoms with Crippen LogP contribution in [-0.4, -0.2) is 21.7 Å². The highest BCUT2D eigenvalue weighted by Gasteiger charge is 2.24. The van der Waals surface area contributed by atoms with Gasteiger partial charge < -0.3 is 9.84 Å². The van der Waals surface area contributed by atoms with Crippen LogP contribution in [0.2, 0.25) is 0 Å². The van der Waals surface area contributed by atoms with E-state index in [0.29, 0.717) is 18.7 Å². The Labute approximate surface area is 136 Å². The zero-order chi connectivity index (χ0) is 15.6. The molecule has 0 spiro atoms. The molecule has 1 aromatic carbocycles. The van der Waals surface area contributed by atoms with E-state index in [1.54, 1.807) is 23.5 Å². The smallest absolute Gasteiger partial charge is 0.232 e. The fourth-order valence-corrected chi connectivity index (χ4v) is 3.26. The molecule has 0 aliphatic carbocycles. The molecule has 3 aromatic rings. The van der Waals surface area contributed by atoms with E-state index < -0.39 is 0 Å². The molecular weight excluding hydrogens is 315 g/mol. The van der Waals surface area contributed by atoms with Crippen LogP contribution in [0.3, 0.4) is 0 Å². The normalized spacial score (nSPS) is 17.2. The predicted octanol–water partition coefficient (Wildman–Crippen LogP) is 2.88. The van der Waals surface area contributed by atoms with Gasteiger partial charge in [0.1, 0.15) is 5.82 Å². The third-order valence-corrected chi connectivity index (χ3v) is 4.72. The fraction of sp³-hybridized carbons (Fsp3) is 0.312. The molecule has 0 bridgehead atoms. The molecule has 1 aliphatic rings. The van der Waals surface area contributed by atoms with Crippen LogP contribution in [-0.2, 0) is 12.8 Å². The van der Waals surface area contributed by atoms with Gasteiger partial charge in [0, 0.05) is 11.8 Å². The molecule has 1 N–H and O–H groups in total. The number of hydrogen-bond acceptors (Lipinski definition) is 6. The molecule has 118 valence electrons. The van der Waals surface area contributed by atoms with Crippen molar-refractivity contribution in [3.8, 4) is 0 Å². The number of benzene rings is 1. The summed E-state index contributed by atoms with van der Waals surface area (Å²) in [4.78, 5) is 9.01. The lowest BCUT2D eigenvalue weighted by atomic mass is 10.1. The number of thiazole rings is 1. The monoisotopic (exact) mass is 330 g/mol. The summed E-state index contributed by atoms with van der Waals surface area (Å²) < 4.78 is 18.2. The number of halogens is 1. The minimum absolute atomic E-state index is 0.221. The van der Waals surface area contributed by atoms with Gasteiger partial charge in [-0.15, -0.1) is 11.3 Å². The summed E-state index contributed by atoms with van der Waals surface area (Å²) >= 11 is 1.59. The average molecular weight is 330 g/mol. The minimum Gasteiger partial charge on any atom is -0.339 e. The summed E-state index contributed by atoms with van der Waals surface area (Å²) in [6.45, 7) is 1.01. The van der Waals surface area contributed by atoms with Gasteiger partial charge in [-0.05, 0) is 30.7 Å². The quantitative estimate of drug-likeness (QED) is 0.779. The second-order valence-corrected chi connectivity index (χ2v) is 6.50. The summed E-state index contributed by atoms with van der Waals surface area (Å²) in [5.41, 5.74) is 1.97. The Kier molecular flexibility index (Phi) is 3.88. The van der Waals surface area contributed by atoms with Crippen LogP contribution in [0.1, 0.15) is 40.4 Å². The molecule has 23 heavy (non-hydrogen) atoms. The van der Waals surface area contributed by atoms with Crippen LogP contribution < -0.4 is 5.32 Å². The first-order valence-electron chi connectivity index (χ1n) is 7.50. The van der Waals surface area contributed by atoms with Gasteiger partial charge in [0.15, 0.2) is 5.82 Å². The zero-order valence-electron chi connectivity index (χ0n) is 12.3. The van der Waals surface area contributed by atoms with Crippen molar-refractivity contribution in [2.75, 3.05) is 6.54 Å². The van der Waals surface area contributed by atoms with Crippen LogP contribution >= 0.6 is 11.3 Å². The Morgan fingerprint density at radius 3 is 2.78 bits per heavy atom. The van der Waals surface area contributed by atoms with E-state index in [2.05, 4.69) is 20.4 Å². The summed E-state index contributed by atoms with van der Waals surface area (Å²) in [5.74, 6) is 1.10. The van der Waals surface area contributed by atoms with E-state index in [-0.39, 0.29) is 11.9 Å². The van der Waals surface area contributed by atoms with E-state index in [4.69, 9.17) is 4.52 Å². The van der Waals surface area contributed by atoms with E-state index >= 15 is 0 Å². The Bertz CT molecular complexity index is 795. The highest BCUT2D eigenvalue weighted by atomic mass is 32.1. The van der Waals surface area contributed by atoms with Crippen LogP contribution in [0.4, 0.5) is 4.39 Å². The van der Waals surface area contributed by atoms with Crippen molar-refractivity contribution < 1.29 is 8.91 Å². The summed E-state index contributed by atoms with van der Waals surface area (Å²) in [5, 5.41) is 10.3. The lowest BCUT2D eigenvalue weighted by Crippen LogP contribution is -2.35. The highest BCUT2D eigenvalue weighted by molar-refractivity contribution is 7.09. The molecule has 0 radical (unpaired) electrons. The maximum atomic E-state index is 12.9. The van der Waals surface area contributed by atoms with Crippen molar-refractivity contribution in [3.05, 3.63) is 63.4 Å². The van der Waals surface area contributed by atoms with E-state index in [0.717, 1.165) is 35.1 Å². The highest BCUT2D eigenvalue weighted by Crippen LogP contribution is 2.21. The molecule has 0 saturated carbocycles. The molecule has 1 atom stereocenters. The summed E-state index contributed by atoms with van der Waals surface area (Å²) in [6.07, 6.45) is 2.29. The third-order valence-electron chi connectivity index (χ3n) is 3.82.